The second-order valence-corrected chi connectivity index (χ2v) is 3.79. The summed E-state index contributed by atoms with van der Waals surface area (Å²) in [5.41, 5.74) is -1.48. The lowest BCUT2D eigenvalue weighted by Crippen LogP contribution is -2.44. The lowest BCUT2D eigenvalue weighted by Gasteiger charge is -2.27. The van der Waals surface area contributed by atoms with E-state index in [1.807, 2.05) is 0 Å². The number of aliphatic carboxylic acids is 1. The summed E-state index contributed by atoms with van der Waals surface area (Å²) in [6.45, 7) is 4.07. The van der Waals surface area contributed by atoms with Crippen LogP contribution in [0.2, 0.25) is 0 Å². The number of carboxylic acid groups (broad SMARTS) is 1. The molecule has 1 N–H and O–H groups in total. The van der Waals surface area contributed by atoms with E-state index < -0.39 is 17.4 Å². The second-order valence-electron chi connectivity index (χ2n) is 3.79. The van der Waals surface area contributed by atoms with E-state index in [0.29, 0.717) is 19.6 Å². The minimum Gasteiger partial charge on any atom is -0.480 e. The third kappa shape index (κ3) is 2.12. The molecule has 5 nitrogen and oxygen atoms in total. The summed E-state index contributed by atoms with van der Waals surface area (Å²) in [4.78, 5) is 22.8. The van der Waals surface area contributed by atoms with Crippen LogP contribution in [0, 0.1) is 11.3 Å². The van der Waals surface area contributed by atoms with Crippen molar-refractivity contribution in [2.45, 2.75) is 20.3 Å². The first kappa shape index (κ1) is 12.0. The second kappa shape index (κ2) is 4.61. The molecule has 0 spiro atoms. The Hall–Kier alpha value is -1.10. The molecule has 2 atom stereocenters. The third-order valence-electron chi connectivity index (χ3n) is 2.89. The molecule has 0 bridgehead atoms. The van der Waals surface area contributed by atoms with Gasteiger partial charge < -0.3 is 14.6 Å². The Morgan fingerprint density at radius 3 is 2.67 bits per heavy atom. The first-order valence-corrected chi connectivity index (χ1v) is 5.01. The molecule has 1 heterocycles. The van der Waals surface area contributed by atoms with Gasteiger partial charge in [0.25, 0.3) is 0 Å². The molecule has 0 aromatic heterocycles. The van der Waals surface area contributed by atoms with Gasteiger partial charge in [0.15, 0.2) is 5.41 Å². The number of carboxylic acids is 1. The summed E-state index contributed by atoms with van der Waals surface area (Å²) in [6.07, 6.45) is 0.585. The minimum absolute atomic E-state index is 0.190. The predicted molar refractivity (Wildman–Crippen MR) is 51.3 cm³/mol. The zero-order valence-electron chi connectivity index (χ0n) is 8.99. The lowest BCUT2D eigenvalue weighted by molar-refractivity contribution is -0.171. The smallest absolute Gasteiger partial charge is 0.323 e. The maximum absolute atomic E-state index is 11.6. The molecule has 1 rings (SSSR count). The molecule has 0 radical (unpaired) electrons. The largest absolute Gasteiger partial charge is 0.480 e. The molecule has 0 aromatic carbocycles. The van der Waals surface area contributed by atoms with Gasteiger partial charge in [0.05, 0.1) is 13.2 Å². The molecular weight excluding hydrogens is 200 g/mol. The summed E-state index contributed by atoms with van der Waals surface area (Å²) >= 11 is 0. The Kier molecular flexibility index (Phi) is 3.68. The highest BCUT2D eigenvalue weighted by Gasteiger charge is 2.50. The third-order valence-corrected chi connectivity index (χ3v) is 2.89. The van der Waals surface area contributed by atoms with Gasteiger partial charge in [0, 0.05) is 12.5 Å². The Morgan fingerprint density at radius 2 is 2.27 bits per heavy atom. The Labute approximate surface area is 88.4 Å². The van der Waals surface area contributed by atoms with Crippen molar-refractivity contribution >= 4 is 11.9 Å². The van der Waals surface area contributed by atoms with E-state index in [4.69, 9.17) is 14.6 Å². The fourth-order valence-corrected chi connectivity index (χ4v) is 1.70. The van der Waals surface area contributed by atoms with Gasteiger partial charge in [-0.15, -0.1) is 0 Å². The van der Waals surface area contributed by atoms with E-state index in [-0.39, 0.29) is 12.5 Å². The van der Waals surface area contributed by atoms with Gasteiger partial charge in [0.1, 0.15) is 0 Å². The summed E-state index contributed by atoms with van der Waals surface area (Å²) in [6, 6.07) is 0. The molecule has 1 aliphatic rings. The van der Waals surface area contributed by atoms with Crippen LogP contribution in [0.5, 0.6) is 0 Å². The standard InChI is InChI=1S/C10H16O5/c1-3-15-9(13)10(2,8(11)12)7-4-5-14-6-7/h7H,3-6H2,1-2H3,(H,11,12). The van der Waals surface area contributed by atoms with Crippen LogP contribution < -0.4 is 0 Å². The predicted octanol–water partition coefficient (Wildman–Crippen LogP) is 0.677. The summed E-state index contributed by atoms with van der Waals surface area (Å²) in [7, 11) is 0. The topological polar surface area (TPSA) is 72.8 Å². The fourth-order valence-electron chi connectivity index (χ4n) is 1.70. The van der Waals surface area contributed by atoms with Gasteiger partial charge in [-0.25, -0.2) is 0 Å². The van der Waals surface area contributed by atoms with E-state index in [0.717, 1.165) is 0 Å². The minimum atomic E-state index is -1.48. The Balaban J connectivity index is 2.86. The molecule has 0 amide bonds. The molecule has 86 valence electrons. The fraction of sp³-hybridized carbons (Fsp3) is 0.800. The van der Waals surface area contributed by atoms with Crippen LogP contribution in [0.1, 0.15) is 20.3 Å². The van der Waals surface area contributed by atoms with Crippen LogP contribution >= 0.6 is 0 Å². The average Bonchev–Trinajstić information content (AvgIpc) is 2.69. The highest BCUT2D eigenvalue weighted by atomic mass is 16.5. The van der Waals surface area contributed by atoms with Gasteiger partial charge >= 0.3 is 11.9 Å². The quantitative estimate of drug-likeness (QED) is 0.552. The van der Waals surface area contributed by atoms with Crippen molar-refractivity contribution < 1.29 is 24.2 Å². The van der Waals surface area contributed by atoms with Gasteiger partial charge in [-0.2, -0.15) is 0 Å². The maximum Gasteiger partial charge on any atom is 0.323 e. The number of carbonyl (C=O) groups excluding carboxylic acids is 1. The monoisotopic (exact) mass is 216 g/mol. The Bertz CT molecular complexity index is 257. The number of carbonyl (C=O) groups is 2. The Morgan fingerprint density at radius 1 is 1.60 bits per heavy atom. The number of hydrogen-bond donors (Lipinski definition) is 1. The van der Waals surface area contributed by atoms with Crippen LogP contribution in [0.15, 0.2) is 0 Å². The van der Waals surface area contributed by atoms with Crippen molar-refractivity contribution in [2.24, 2.45) is 11.3 Å². The van der Waals surface area contributed by atoms with E-state index in [1.54, 1.807) is 6.92 Å². The molecule has 0 aromatic rings. The zero-order valence-corrected chi connectivity index (χ0v) is 8.99. The zero-order chi connectivity index (χ0) is 11.5. The van der Waals surface area contributed by atoms with Crippen LogP contribution in [-0.2, 0) is 19.1 Å². The summed E-state index contributed by atoms with van der Waals surface area (Å²) in [5, 5.41) is 9.13. The van der Waals surface area contributed by atoms with E-state index in [2.05, 4.69) is 0 Å². The molecule has 15 heavy (non-hydrogen) atoms. The van der Waals surface area contributed by atoms with Gasteiger partial charge in [-0.1, -0.05) is 0 Å². The molecule has 1 aliphatic heterocycles. The molecular formula is C10H16O5. The van der Waals surface area contributed by atoms with Crippen molar-refractivity contribution in [3.05, 3.63) is 0 Å². The van der Waals surface area contributed by atoms with Gasteiger partial charge in [-0.3, -0.25) is 9.59 Å². The highest BCUT2D eigenvalue weighted by Crippen LogP contribution is 2.35. The number of ether oxygens (including phenoxy) is 2. The first-order valence-electron chi connectivity index (χ1n) is 5.01. The average molecular weight is 216 g/mol. The van der Waals surface area contributed by atoms with E-state index in [1.165, 1.54) is 6.92 Å². The van der Waals surface area contributed by atoms with Gasteiger partial charge in [-0.05, 0) is 20.3 Å². The summed E-state index contributed by atoms with van der Waals surface area (Å²) < 4.78 is 9.92. The van der Waals surface area contributed by atoms with Crippen molar-refractivity contribution in [2.75, 3.05) is 19.8 Å². The van der Waals surface area contributed by atoms with Crippen LogP contribution in [0.3, 0.4) is 0 Å². The van der Waals surface area contributed by atoms with Crippen LogP contribution in [0.4, 0.5) is 0 Å². The molecule has 0 aliphatic carbocycles. The molecule has 2 unspecified atom stereocenters. The lowest BCUT2D eigenvalue weighted by atomic mass is 9.76. The molecule has 1 saturated heterocycles. The molecule has 5 heteroatoms. The van der Waals surface area contributed by atoms with Crippen molar-refractivity contribution in [3.63, 3.8) is 0 Å². The van der Waals surface area contributed by atoms with E-state index >= 15 is 0 Å². The van der Waals surface area contributed by atoms with Crippen LogP contribution in [0.25, 0.3) is 0 Å². The maximum atomic E-state index is 11.6. The number of rotatable bonds is 4. The molecule has 1 fully saturated rings. The SMILES string of the molecule is CCOC(=O)C(C)(C(=O)O)C1CCOC1. The first-order chi connectivity index (χ1) is 7.03. The number of hydrogen-bond acceptors (Lipinski definition) is 4. The van der Waals surface area contributed by atoms with Gasteiger partial charge in [0.2, 0.25) is 0 Å². The van der Waals surface area contributed by atoms with Crippen molar-refractivity contribution in [1.82, 2.24) is 0 Å². The highest BCUT2D eigenvalue weighted by molar-refractivity contribution is 5.99. The van der Waals surface area contributed by atoms with Crippen molar-refractivity contribution in [1.29, 1.82) is 0 Å². The summed E-state index contributed by atoms with van der Waals surface area (Å²) in [5.74, 6) is -2.11. The van der Waals surface area contributed by atoms with Crippen LogP contribution in [-0.4, -0.2) is 36.9 Å². The molecule has 0 saturated carbocycles. The number of esters is 1. The van der Waals surface area contributed by atoms with Crippen molar-refractivity contribution in [3.8, 4) is 0 Å². The normalized spacial score (nSPS) is 24.5. The van der Waals surface area contributed by atoms with E-state index in [9.17, 15) is 9.59 Å².